The van der Waals surface area contributed by atoms with E-state index in [1.807, 2.05) is 5.32 Å². The van der Waals surface area contributed by atoms with Gasteiger partial charge in [0.05, 0.1) is 18.9 Å². The highest BCUT2D eigenvalue weighted by Gasteiger charge is 2.20. The van der Waals surface area contributed by atoms with Crippen molar-refractivity contribution in [3.63, 3.8) is 0 Å². The van der Waals surface area contributed by atoms with Crippen molar-refractivity contribution in [1.82, 2.24) is 10.2 Å². The molecule has 6 nitrogen and oxygen atoms in total. The van der Waals surface area contributed by atoms with Crippen LogP contribution in [0.3, 0.4) is 0 Å². The lowest BCUT2D eigenvalue weighted by molar-refractivity contribution is 0.110. The summed E-state index contributed by atoms with van der Waals surface area (Å²) in [5.41, 5.74) is 0.924. The summed E-state index contributed by atoms with van der Waals surface area (Å²) in [5.74, 6) is -3.51. The number of halogens is 3. The Morgan fingerprint density at radius 2 is 2.09 bits per heavy atom. The first-order chi connectivity index (χ1) is 10.5. The van der Waals surface area contributed by atoms with E-state index in [1.165, 1.54) is 0 Å². The van der Waals surface area contributed by atoms with Crippen LogP contribution in [-0.2, 0) is 17.8 Å². The molecule has 116 valence electrons. The molecule has 1 aromatic carbocycles. The Balaban J connectivity index is 1.75. The number of aromatic amines is 1. The van der Waals surface area contributed by atoms with E-state index < -0.39 is 29.2 Å². The third-order valence-corrected chi connectivity index (χ3v) is 3.17. The number of carbonyl (C=O) groups is 1. The van der Waals surface area contributed by atoms with Crippen LogP contribution in [0.25, 0.3) is 0 Å². The molecule has 3 N–H and O–H groups in total. The standard InChI is InChI=1S/C13H11F3N4O2/c14-6-3-8(15)11(16)10(4-6)17-13(21)18-12-7-5-22-2-1-9(7)19-20-12/h3-4H,1-2,5H2,(H3,17,18,19,20,21). The van der Waals surface area contributed by atoms with Crippen LogP contribution in [0.2, 0.25) is 0 Å². The molecule has 22 heavy (non-hydrogen) atoms. The Morgan fingerprint density at radius 3 is 2.91 bits per heavy atom. The Morgan fingerprint density at radius 1 is 1.27 bits per heavy atom. The zero-order valence-corrected chi connectivity index (χ0v) is 11.2. The summed E-state index contributed by atoms with van der Waals surface area (Å²) in [6.45, 7) is 0.832. The predicted octanol–water partition coefficient (Wildman–Crippen LogP) is 2.54. The van der Waals surface area contributed by atoms with E-state index >= 15 is 0 Å². The molecule has 0 aliphatic carbocycles. The van der Waals surface area contributed by atoms with E-state index in [4.69, 9.17) is 4.74 Å². The van der Waals surface area contributed by atoms with Gasteiger partial charge in [-0.1, -0.05) is 0 Å². The topological polar surface area (TPSA) is 79.0 Å². The van der Waals surface area contributed by atoms with Crippen molar-refractivity contribution in [3.05, 3.63) is 40.8 Å². The first kappa shape index (κ1) is 14.4. The molecule has 0 saturated carbocycles. The number of H-pyrrole nitrogens is 1. The van der Waals surface area contributed by atoms with E-state index in [9.17, 15) is 18.0 Å². The van der Waals surface area contributed by atoms with Gasteiger partial charge in [0.1, 0.15) is 5.82 Å². The highest BCUT2D eigenvalue weighted by molar-refractivity contribution is 5.99. The number of ether oxygens (including phenoxy) is 1. The maximum absolute atomic E-state index is 13.5. The van der Waals surface area contributed by atoms with Gasteiger partial charge < -0.3 is 10.1 Å². The molecule has 1 aromatic heterocycles. The number of rotatable bonds is 2. The largest absolute Gasteiger partial charge is 0.376 e. The molecular formula is C13H11F3N4O2. The SMILES string of the molecule is O=C(Nc1cc(F)cc(F)c1F)Nc1n[nH]c2c1COCC2. The lowest BCUT2D eigenvalue weighted by Crippen LogP contribution is -2.22. The number of nitrogens with one attached hydrogen (secondary N) is 3. The second-order valence-corrected chi connectivity index (χ2v) is 4.66. The van der Waals surface area contributed by atoms with Crippen LogP contribution < -0.4 is 10.6 Å². The summed E-state index contributed by atoms with van der Waals surface area (Å²) < 4.78 is 44.8. The highest BCUT2D eigenvalue weighted by atomic mass is 19.2. The summed E-state index contributed by atoms with van der Waals surface area (Å²) in [5, 5.41) is 11.1. The van der Waals surface area contributed by atoms with Gasteiger partial charge in [0.15, 0.2) is 17.5 Å². The van der Waals surface area contributed by atoms with E-state index in [1.54, 1.807) is 0 Å². The second-order valence-electron chi connectivity index (χ2n) is 4.66. The van der Waals surface area contributed by atoms with Gasteiger partial charge >= 0.3 is 6.03 Å². The lowest BCUT2D eigenvalue weighted by Gasteiger charge is -2.13. The normalized spacial score (nSPS) is 13.6. The Bertz CT molecular complexity index is 732. The summed E-state index contributed by atoms with van der Waals surface area (Å²) >= 11 is 0. The molecule has 0 unspecified atom stereocenters. The first-order valence-corrected chi connectivity index (χ1v) is 6.41. The number of carbonyl (C=O) groups excluding carboxylic acids is 1. The van der Waals surface area contributed by atoms with Gasteiger partial charge in [0.2, 0.25) is 0 Å². The van der Waals surface area contributed by atoms with Crippen molar-refractivity contribution in [2.75, 3.05) is 17.2 Å². The number of benzene rings is 1. The number of amides is 2. The highest BCUT2D eigenvalue weighted by Crippen LogP contribution is 2.23. The van der Waals surface area contributed by atoms with Crippen molar-refractivity contribution in [2.24, 2.45) is 0 Å². The number of urea groups is 1. The van der Waals surface area contributed by atoms with Gasteiger partial charge in [-0.25, -0.2) is 18.0 Å². The monoisotopic (exact) mass is 312 g/mol. The average molecular weight is 312 g/mol. The fourth-order valence-electron chi connectivity index (χ4n) is 2.12. The molecule has 2 aromatic rings. The van der Waals surface area contributed by atoms with Crippen LogP contribution in [0.5, 0.6) is 0 Å². The third kappa shape index (κ3) is 2.75. The maximum atomic E-state index is 13.5. The molecule has 0 saturated heterocycles. The summed E-state index contributed by atoms with van der Waals surface area (Å²) in [4.78, 5) is 11.8. The van der Waals surface area contributed by atoms with Gasteiger partial charge in [-0.15, -0.1) is 0 Å². The quantitative estimate of drug-likeness (QED) is 0.746. The van der Waals surface area contributed by atoms with E-state index in [0.717, 1.165) is 5.69 Å². The average Bonchev–Trinajstić information content (AvgIpc) is 2.87. The van der Waals surface area contributed by atoms with Crippen LogP contribution in [0.1, 0.15) is 11.3 Å². The van der Waals surface area contributed by atoms with Crippen molar-refractivity contribution < 1.29 is 22.7 Å². The Kier molecular flexibility index (Phi) is 3.72. The van der Waals surface area contributed by atoms with Crippen LogP contribution >= 0.6 is 0 Å². The maximum Gasteiger partial charge on any atom is 0.324 e. The zero-order chi connectivity index (χ0) is 15.7. The molecule has 1 aliphatic rings. The van der Waals surface area contributed by atoms with Crippen molar-refractivity contribution in [1.29, 1.82) is 0 Å². The third-order valence-electron chi connectivity index (χ3n) is 3.17. The van der Waals surface area contributed by atoms with Crippen LogP contribution in [-0.4, -0.2) is 22.8 Å². The minimum Gasteiger partial charge on any atom is -0.376 e. The van der Waals surface area contributed by atoms with E-state index in [2.05, 4.69) is 15.5 Å². The van der Waals surface area contributed by atoms with Gasteiger partial charge in [-0.2, -0.15) is 5.10 Å². The molecule has 0 bridgehead atoms. The molecule has 0 atom stereocenters. The van der Waals surface area contributed by atoms with Crippen molar-refractivity contribution >= 4 is 17.5 Å². The van der Waals surface area contributed by atoms with Crippen LogP contribution in [0.4, 0.5) is 29.5 Å². The number of hydrogen-bond donors (Lipinski definition) is 3. The number of nitrogens with zero attached hydrogens (tertiary/aromatic N) is 1. The second kappa shape index (κ2) is 5.68. The number of fused-ring (bicyclic) bond motifs is 1. The molecule has 2 heterocycles. The zero-order valence-electron chi connectivity index (χ0n) is 11.2. The fraction of sp³-hybridized carbons (Fsp3) is 0.231. The molecule has 3 rings (SSSR count). The van der Waals surface area contributed by atoms with Gasteiger partial charge in [-0.3, -0.25) is 10.4 Å². The predicted molar refractivity (Wildman–Crippen MR) is 70.9 cm³/mol. The van der Waals surface area contributed by atoms with Gasteiger partial charge in [0, 0.05) is 29.8 Å². The van der Waals surface area contributed by atoms with Crippen LogP contribution in [0.15, 0.2) is 12.1 Å². The summed E-state index contributed by atoms with van der Waals surface area (Å²) in [6, 6.07) is 0.199. The lowest BCUT2D eigenvalue weighted by atomic mass is 10.1. The van der Waals surface area contributed by atoms with E-state index in [0.29, 0.717) is 30.7 Å². The van der Waals surface area contributed by atoms with Crippen LogP contribution in [0, 0.1) is 17.5 Å². The Hall–Kier alpha value is -2.55. The molecule has 0 fully saturated rings. The number of anilines is 2. The molecule has 0 spiro atoms. The minimum absolute atomic E-state index is 0.226. The smallest absolute Gasteiger partial charge is 0.324 e. The fourth-order valence-corrected chi connectivity index (χ4v) is 2.12. The summed E-state index contributed by atoms with van der Waals surface area (Å²) in [6.07, 6.45) is 0.634. The first-order valence-electron chi connectivity index (χ1n) is 6.41. The van der Waals surface area contributed by atoms with E-state index in [-0.39, 0.29) is 12.4 Å². The number of hydrogen-bond acceptors (Lipinski definition) is 3. The minimum atomic E-state index is -1.39. The number of aromatic nitrogens is 2. The molecule has 0 radical (unpaired) electrons. The van der Waals surface area contributed by atoms with Crippen molar-refractivity contribution in [2.45, 2.75) is 13.0 Å². The van der Waals surface area contributed by atoms with Gasteiger partial charge in [0.25, 0.3) is 0 Å². The van der Waals surface area contributed by atoms with Gasteiger partial charge in [-0.05, 0) is 0 Å². The molecule has 9 heteroatoms. The summed E-state index contributed by atoms with van der Waals surface area (Å²) in [7, 11) is 0. The molecule has 2 amide bonds. The molecular weight excluding hydrogens is 301 g/mol. The molecule has 1 aliphatic heterocycles. The Labute approximate surface area is 122 Å². The van der Waals surface area contributed by atoms with Crippen molar-refractivity contribution in [3.8, 4) is 0 Å².